The second kappa shape index (κ2) is 11.5. The number of hydrogen-bond acceptors (Lipinski definition) is 4. The predicted molar refractivity (Wildman–Crippen MR) is 146 cm³/mol. The van der Waals surface area contributed by atoms with Crippen molar-refractivity contribution in [2.24, 2.45) is 16.8 Å². The van der Waals surface area contributed by atoms with Crippen LogP contribution in [0.5, 0.6) is 0 Å². The molecule has 0 spiro atoms. The van der Waals surface area contributed by atoms with E-state index in [0.717, 1.165) is 49.7 Å². The first kappa shape index (κ1) is 24.9. The largest absolute Gasteiger partial charge is 0.303 e. The van der Waals surface area contributed by atoms with Crippen molar-refractivity contribution in [1.29, 1.82) is 0 Å². The van der Waals surface area contributed by atoms with Gasteiger partial charge in [0.1, 0.15) is 5.71 Å². The highest BCUT2D eigenvalue weighted by molar-refractivity contribution is 6.12. The SMILES string of the molecule is C=C1CCCC[C@@H]1C1=C(CCC)C(c2nc(CC[C@@H]3CCCN3C)cc(CC3CCCC3)n2)=NC1. The quantitative estimate of drug-likeness (QED) is 0.366. The lowest BCUT2D eigenvalue weighted by molar-refractivity contribution is 0.296. The number of aliphatic imine (C=N–C) groups is 1. The first-order valence-electron chi connectivity index (χ1n) is 14.6. The summed E-state index contributed by atoms with van der Waals surface area (Å²) in [7, 11) is 2.28. The number of aryl methyl sites for hydroxylation is 1. The minimum absolute atomic E-state index is 0.519. The molecule has 1 aromatic rings. The van der Waals surface area contributed by atoms with Crippen LogP contribution in [0.3, 0.4) is 0 Å². The average Bonchev–Trinajstić information content (AvgIpc) is 3.60. The highest BCUT2D eigenvalue weighted by atomic mass is 15.1. The van der Waals surface area contributed by atoms with E-state index in [9.17, 15) is 0 Å². The van der Waals surface area contributed by atoms with Crippen molar-refractivity contribution in [1.82, 2.24) is 14.9 Å². The second-order valence-corrected chi connectivity index (χ2v) is 11.7. The lowest BCUT2D eigenvalue weighted by Gasteiger charge is -2.27. The van der Waals surface area contributed by atoms with Crippen molar-refractivity contribution in [3.05, 3.63) is 46.6 Å². The van der Waals surface area contributed by atoms with E-state index in [1.165, 1.54) is 105 Å². The van der Waals surface area contributed by atoms with Gasteiger partial charge in [-0.2, -0.15) is 0 Å². The molecule has 0 amide bonds. The van der Waals surface area contributed by atoms with Crippen LogP contribution in [-0.2, 0) is 12.8 Å². The number of allylic oxidation sites excluding steroid dienone is 2. The molecule has 35 heavy (non-hydrogen) atoms. The summed E-state index contributed by atoms with van der Waals surface area (Å²) in [6, 6.07) is 3.04. The van der Waals surface area contributed by atoms with Crippen LogP contribution in [-0.4, -0.2) is 46.8 Å². The van der Waals surface area contributed by atoms with Crippen LogP contribution in [0.1, 0.15) is 108 Å². The first-order chi connectivity index (χ1) is 17.1. The summed E-state index contributed by atoms with van der Waals surface area (Å²) in [4.78, 5) is 18.1. The number of nitrogens with zero attached hydrogens (tertiary/aromatic N) is 4. The molecule has 4 nitrogen and oxygen atoms in total. The topological polar surface area (TPSA) is 41.4 Å². The molecule has 2 aliphatic heterocycles. The van der Waals surface area contributed by atoms with Crippen LogP contribution in [0.4, 0.5) is 0 Å². The third-order valence-electron chi connectivity index (χ3n) is 9.16. The minimum Gasteiger partial charge on any atom is -0.303 e. The molecule has 0 unspecified atom stereocenters. The third-order valence-corrected chi connectivity index (χ3v) is 9.16. The zero-order chi connectivity index (χ0) is 24.2. The molecule has 190 valence electrons. The van der Waals surface area contributed by atoms with Gasteiger partial charge in [-0.25, -0.2) is 9.97 Å². The van der Waals surface area contributed by atoms with Gasteiger partial charge in [0.25, 0.3) is 0 Å². The maximum Gasteiger partial charge on any atom is 0.178 e. The third kappa shape index (κ3) is 5.79. The average molecular weight is 475 g/mol. The Morgan fingerprint density at radius 2 is 1.77 bits per heavy atom. The van der Waals surface area contributed by atoms with Crippen LogP contribution in [0.2, 0.25) is 0 Å². The van der Waals surface area contributed by atoms with Crippen molar-refractivity contribution in [2.75, 3.05) is 20.1 Å². The first-order valence-corrected chi connectivity index (χ1v) is 14.6. The standard InChI is InChI=1S/C31H46N4/c1-4-10-28-29(27-15-8-5-11-22(27)2)21-32-30(28)31-33-24(16-17-26-14-9-18-35(26)3)20-25(34-31)19-23-12-6-7-13-23/h20,23,26-27H,2,4-19,21H2,1,3H3/t26-,27-/m0/s1. The second-order valence-electron chi connectivity index (χ2n) is 11.7. The summed E-state index contributed by atoms with van der Waals surface area (Å²) >= 11 is 0. The summed E-state index contributed by atoms with van der Waals surface area (Å²) < 4.78 is 0. The molecule has 5 rings (SSSR count). The van der Waals surface area contributed by atoms with Crippen LogP contribution in [0, 0.1) is 11.8 Å². The maximum absolute atomic E-state index is 5.20. The summed E-state index contributed by atoms with van der Waals surface area (Å²) in [5.41, 5.74) is 8.00. The fraction of sp³-hybridized carbons (Fsp3) is 0.710. The monoisotopic (exact) mass is 474 g/mol. The fourth-order valence-electron chi connectivity index (χ4n) is 7.12. The van der Waals surface area contributed by atoms with Gasteiger partial charge >= 0.3 is 0 Å². The molecule has 4 aliphatic rings. The van der Waals surface area contributed by atoms with Crippen molar-refractivity contribution in [3.63, 3.8) is 0 Å². The Morgan fingerprint density at radius 1 is 0.971 bits per heavy atom. The maximum atomic E-state index is 5.20. The van der Waals surface area contributed by atoms with Gasteiger partial charge in [-0.15, -0.1) is 0 Å². The van der Waals surface area contributed by atoms with Crippen LogP contribution in [0.15, 0.2) is 34.4 Å². The summed E-state index contributed by atoms with van der Waals surface area (Å²) in [6.45, 7) is 8.82. The van der Waals surface area contributed by atoms with E-state index >= 15 is 0 Å². The number of rotatable bonds is 9. The Labute approximate surface area is 213 Å². The van der Waals surface area contributed by atoms with E-state index in [-0.39, 0.29) is 0 Å². The van der Waals surface area contributed by atoms with Gasteiger partial charge in [-0.1, -0.05) is 57.6 Å². The zero-order valence-electron chi connectivity index (χ0n) is 22.3. The minimum atomic E-state index is 0.519. The molecule has 0 radical (unpaired) electrons. The van der Waals surface area contributed by atoms with Crippen molar-refractivity contribution in [3.8, 4) is 0 Å². The van der Waals surface area contributed by atoms with Crippen molar-refractivity contribution >= 4 is 5.71 Å². The molecule has 2 atom stereocenters. The lowest BCUT2D eigenvalue weighted by atomic mass is 9.78. The Hall–Kier alpha value is -1.81. The molecule has 4 heteroatoms. The predicted octanol–water partition coefficient (Wildman–Crippen LogP) is 6.88. The molecular weight excluding hydrogens is 428 g/mol. The Morgan fingerprint density at radius 3 is 2.51 bits per heavy atom. The molecular formula is C31H46N4. The summed E-state index contributed by atoms with van der Waals surface area (Å²) in [5.74, 6) is 2.23. The van der Waals surface area contributed by atoms with Gasteiger partial charge in [-0.05, 0) is 94.5 Å². The van der Waals surface area contributed by atoms with E-state index in [1.807, 2.05) is 0 Å². The molecule has 2 saturated carbocycles. The fourth-order valence-corrected chi connectivity index (χ4v) is 7.12. The van der Waals surface area contributed by atoms with E-state index < -0.39 is 0 Å². The molecule has 3 fully saturated rings. The Balaban J connectivity index is 1.43. The van der Waals surface area contributed by atoms with E-state index in [2.05, 4.69) is 31.5 Å². The zero-order valence-corrected chi connectivity index (χ0v) is 22.3. The number of aromatic nitrogens is 2. The highest BCUT2D eigenvalue weighted by Crippen LogP contribution is 2.39. The summed E-state index contributed by atoms with van der Waals surface area (Å²) in [6.07, 6.45) is 18.8. The van der Waals surface area contributed by atoms with Gasteiger partial charge in [0.15, 0.2) is 5.82 Å². The van der Waals surface area contributed by atoms with Gasteiger partial charge < -0.3 is 4.90 Å². The number of hydrogen-bond donors (Lipinski definition) is 0. The van der Waals surface area contributed by atoms with Crippen LogP contribution < -0.4 is 0 Å². The number of likely N-dealkylation sites (tertiary alicyclic amines) is 1. The van der Waals surface area contributed by atoms with Gasteiger partial charge in [-0.3, -0.25) is 4.99 Å². The molecule has 3 heterocycles. The van der Waals surface area contributed by atoms with Gasteiger partial charge in [0, 0.05) is 23.3 Å². The van der Waals surface area contributed by atoms with E-state index in [0.29, 0.717) is 12.0 Å². The normalized spacial score (nSPS) is 26.2. The van der Waals surface area contributed by atoms with Gasteiger partial charge in [0.2, 0.25) is 0 Å². The molecule has 0 bridgehead atoms. The van der Waals surface area contributed by atoms with Crippen molar-refractivity contribution < 1.29 is 0 Å². The molecule has 0 aromatic carbocycles. The molecule has 0 N–H and O–H groups in total. The Bertz CT molecular complexity index is 968. The summed E-state index contributed by atoms with van der Waals surface area (Å²) in [5, 5.41) is 0. The molecule has 2 aliphatic carbocycles. The van der Waals surface area contributed by atoms with Crippen molar-refractivity contribution in [2.45, 2.75) is 109 Å². The molecule has 1 saturated heterocycles. The smallest absolute Gasteiger partial charge is 0.178 e. The molecule has 1 aromatic heterocycles. The highest BCUT2D eigenvalue weighted by Gasteiger charge is 2.30. The van der Waals surface area contributed by atoms with E-state index in [4.69, 9.17) is 15.0 Å². The Kier molecular flexibility index (Phi) is 8.17. The van der Waals surface area contributed by atoms with Gasteiger partial charge in [0.05, 0.1) is 6.54 Å². The van der Waals surface area contributed by atoms with Crippen LogP contribution in [0.25, 0.3) is 0 Å². The van der Waals surface area contributed by atoms with E-state index in [1.54, 1.807) is 0 Å². The van der Waals surface area contributed by atoms with Crippen LogP contribution >= 0.6 is 0 Å². The lowest BCUT2D eigenvalue weighted by Crippen LogP contribution is -2.25.